The van der Waals surface area contributed by atoms with Gasteiger partial charge >= 0.3 is 12.0 Å². The van der Waals surface area contributed by atoms with Crippen molar-refractivity contribution in [2.24, 2.45) is 0 Å². The van der Waals surface area contributed by atoms with Gasteiger partial charge in [-0.2, -0.15) is 0 Å². The summed E-state index contributed by atoms with van der Waals surface area (Å²) < 4.78 is 5.07. The molecule has 0 aliphatic carbocycles. The average Bonchev–Trinajstić information content (AvgIpc) is 2.85. The number of unbranched alkanes of at least 4 members (excludes halogenated alkanes) is 1. The minimum absolute atomic E-state index is 0.291. The zero-order chi connectivity index (χ0) is 18.7. The smallest absolute Gasteiger partial charge is 0.326 e. The Hall–Kier alpha value is -2.89. The van der Waals surface area contributed by atoms with Gasteiger partial charge in [0.05, 0.1) is 6.61 Å². The van der Waals surface area contributed by atoms with Crippen molar-refractivity contribution >= 4 is 28.7 Å². The molecule has 3 rings (SSSR count). The van der Waals surface area contributed by atoms with E-state index in [4.69, 9.17) is 4.74 Å². The molecule has 2 aromatic carbocycles. The first-order valence-corrected chi connectivity index (χ1v) is 8.75. The summed E-state index contributed by atoms with van der Waals surface area (Å²) in [5, 5.41) is 4.61. The average molecular weight is 354 g/mol. The van der Waals surface area contributed by atoms with Crippen LogP contribution in [-0.2, 0) is 19.9 Å². The second kappa shape index (κ2) is 7.15. The Balaban J connectivity index is 1.86. The van der Waals surface area contributed by atoms with Gasteiger partial charge in [0.15, 0.2) is 0 Å². The van der Waals surface area contributed by atoms with Gasteiger partial charge in [-0.05, 0) is 29.7 Å². The summed E-state index contributed by atoms with van der Waals surface area (Å²) in [6.07, 6.45) is 1.65. The highest BCUT2D eigenvalue weighted by Crippen LogP contribution is 2.33. The minimum Gasteiger partial charge on any atom is -0.464 e. The van der Waals surface area contributed by atoms with E-state index in [0.29, 0.717) is 12.2 Å². The fourth-order valence-corrected chi connectivity index (χ4v) is 3.19. The van der Waals surface area contributed by atoms with Gasteiger partial charge in [0.25, 0.3) is 5.91 Å². The number of esters is 1. The van der Waals surface area contributed by atoms with E-state index in [9.17, 15) is 14.4 Å². The van der Waals surface area contributed by atoms with Crippen molar-refractivity contribution in [2.75, 3.05) is 13.2 Å². The molecule has 0 radical (unpaired) electrons. The van der Waals surface area contributed by atoms with Gasteiger partial charge in [-0.3, -0.25) is 14.5 Å². The third-order valence-electron chi connectivity index (χ3n) is 4.65. The molecule has 1 atom stereocenters. The summed E-state index contributed by atoms with van der Waals surface area (Å²) in [7, 11) is 0. The van der Waals surface area contributed by atoms with Crippen molar-refractivity contribution in [3.63, 3.8) is 0 Å². The standard InChI is InChI=1S/C20H22N2O4/c1-3-4-12-26-17(23)13-22-18(24)20(2,21-19(22)25)16-11-7-9-14-8-5-6-10-15(14)16/h5-11H,3-4,12-13H2,1-2H3,(H,21,25). The van der Waals surface area contributed by atoms with Crippen molar-refractivity contribution in [3.8, 4) is 0 Å². The molecule has 1 saturated heterocycles. The Morgan fingerprint density at radius 1 is 1.15 bits per heavy atom. The summed E-state index contributed by atoms with van der Waals surface area (Å²) in [4.78, 5) is 38.2. The highest BCUT2D eigenvalue weighted by Gasteiger charge is 2.50. The highest BCUT2D eigenvalue weighted by atomic mass is 16.5. The van der Waals surface area contributed by atoms with Crippen LogP contribution in [0, 0.1) is 0 Å². The van der Waals surface area contributed by atoms with E-state index < -0.39 is 23.4 Å². The quantitative estimate of drug-likeness (QED) is 0.492. The predicted octanol–water partition coefficient (Wildman–Crippen LogP) is 2.95. The van der Waals surface area contributed by atoms with Crippen LogP contribution in [0.4, 0.5) is 4.79 Å². The van der Waals surface area contributed by atoms with E-state index in [-0.39, 0.29) is 6.54 Å². The molecule has 6 heteroatoms. The number of fused-ring (bicyclic) bond motifs is 1. The van der Waals surface area contributed by atoms with Crippen LogP contribution in [0.15, 0.2) is 42.5 Å². The van der Waals surface area contributed by atoms with Crippen LogP contribution in [-0.4, -0.2) is 36.0 Å². The van der Waals surface area contributed by atoms with Crippen LogP contribution in [0.1, 0.15) is 32.3 Å². The molecule has 6 nitrogen and oxygen atoms in total. The second-order valence-electron chi connectivity index (χ2n) is 6.55. The van der Waals surface area contributed by atoms with E-state index >= 15 is 0 Å². The van der Waals surface area contributed by atoms with Gasteiger partial charge in [-0.15, -0.1) is 0 Å². The summed E-state index contributed by atoms with van der Waals surface area (Å²) in [5.41, 5.74) is -0.516. The van der Waals surface area contributed by atoms with Gasteiger partial charge < -0.3 is 10.1 Å². The lowest BCUT2D eigenvalue weighted by Gasteiger charge is -2.24. The van der Waals surface area contributed by atoms with Crippen molar-refractivity contribution < 1.29 is 19.1 Å². The molecule has 1 heterocycles. The van der Waals surface area contributed by atoms with Crippen molar-refractivity contribution in [1.82, 2.24) is 10.2 Å². The highest BCUT2D eigenvalue weighted by molar-refractivity contribution is 6.10. The molecule has 3 amide bonds. The van der Waals surface area contributed by atoms with Crippen LogP contribution in [0.2, 0.25) is 0 Å². The van der Waals surface area contributed by atoms with E-state index in [1.54, 1.807) is 6.92 Å². The largest absolute Gasteiger partial charge is 0.464 e. The number of nitrogens with one attached hydrogen (secondary N) is 1. The third-order valence-corrected chi connectivity index (χ3v) is 4.65. The molecule has 136 valence electrons. The van der Waals surface area contributed by atoms with Gasteiger partial charge in [-0.1, -0.05) is 55.8 Å². The Morgan fingerprint density at radius 3 is 2.65 bits per heavy atom. The molecule has 0 saturated carbocycles. The van der Waals surface area contributed by atoms with E-state index in [1.807, 2.05) is 49.4 Å². The van der Waals surface area contributed by atoms with Gasteiger partial charge in [0.1, 0.15) is 12.1 Å². The van der Waals surface area contributed by atoms with Gasteiger partial charge in [0, 0.05) is 0 Å². The van der Waals surface area contributed by atoms with Crippen molar-refractivity contribution in [1.29, 1.82) is 0 Å². The number of carbonyl (C=O) groups excluding carboxylic acids is 3. The van der Waals surface area contributed by atoms with Crippen LogP contribution >= 0.6 is 0 Å². The Kier molecular flexibility index (Phi) is 4.93. The number of nitrogens with zero attached hydrogens (tertiary/aromatic N) is 1. The predicted molar refractivity (Wildman–Crippen MR) is 97.4 cm³/mol. The zero-order valence-electron chi connectivity index (χ0n) is 15.0. The molecule has 1 aliphatic heterocycles. The molecule has 1 unspecified atom stereocenters. The van der Waals surface area contributed by atoms with Crippen LogP contribution < -0.4 is 5.32 Å². The number of hydrogen-bond acceptors (Lipinski definition) is 4. The maximum Gasteiger partial charge on any atom is 0.326 e. The van der Waals surface area contributed by atoms with Crippen LogP contribution in [0.25, 0.3) is 10.8 Å². The number of ether oxygens (including phenoxy) is 1. The zero-order valence-corrected chi connectivity index (χ0v) is 15.0. The molecule has 1 aliphatic rings. The van der Waals surface area contributed by atoms with Gasteiger partial charge in [0.2, 0.25) is 0 Å². The van der Waals surface area contributed by atoms with Crippen LogP contribution in [0.5, 0.6) is 0 Å². The van der Waals surface area contributed by atoms with Crippen molar-refractivity contribution in [2.45, 2.75) is 32.2 Å². The molecular formula is C20H22N2O4. The lowest BCUT2D eigenvalue weighted by molar-refractivity contribution is -0.147. The minimum atomic E-state index is -1.22. The van der Waals surface area contributed by atoms with Crippen molar-refractivity contribution in [3.05, 3.63) is 48.0 Å². The lowest BCUT2D eigenvalue weighted by Crippen LogP contribution is -2.41. The first-order chi connectivity index (χ1) is 12.5. The number of amides is 3. The number of imide groups is 1. The number of urea groups is 1. The SMILES string of the molecule is CCCCOC(=O)CN1C(=O)NC(C)(c2cccc3ccccc23)C1=O. The molecule has 1 fully saturated rings. The molecule has 26 heavy (non-hydrogen) atoms. The number of rotatable bonds is 6. The fourth-order valence-electron chi connectivity index (χ4n) is 3.19. The Bertz CT molecular complexity index is 859. The van der Waals surface area contributed by atoms with Gasteiger partial charge in [-0.25, -0.2) is 4.79 Å². The Labute approximate surface area is 152 Å². The number of carbonyl (C=O) groups is 3. The number of hydrogen-bond donors (Lipinski definition) is 1. The molecule has 0 aromatic heterocycles. The second-order valence-corrected chi connectivity index (χ2v) is 6.55. The summed E-state index contributed by atoms with van der Waals surface area (Å²) >= 11 is 0. The van der Waals surface area contributed by atoms with E-state index in [0.717, 1.165) is 28.5 Å². The number of benzene rings is 2. The Morgan fingerprint density at radius 2 is 1.88 bits per heavy atom. The topological polar surface area (TPSA) is 75.7 Å². The summed E-state index contributed by atoms with van der Waals surface area (Å²) in [5.74, 6) is -1.03. The fraction of sp³-hybridized carbons (Fsp3) is 0.350. The lowest BCUT2D eigenvalue weighted by atomic mass is 9.88. The molecule has 1 N–H and O–H groups in total. The molecular weight excluding hydrogens is 332 g/mol. The third kappa shape index (κ3) is 3.14. The molecule has 0 bridgehead atoms. The molecule has 0 spiro atoms. The van der Waals surface area contributed by atoms with E-state index in [1.165, 1.54) is 0 Å². The maximum atomic E-state index is 13.0. The first-order valence-electron chi connectivity index (χ1n) is 8.75. The van der Waals surface area contributed by atoms with E-state index in [2.05, 4.69) is 5.32 Å². The first kappa shape index (κ1) is 17.9. The molecule has 2 aromatic rings. The maximum absolute atomic E-state index is 13.0. The summed E-state index contributed by atoms with van der Waals surface area (Å²) in [6.45, 7) is 3.56. The normalized spacial score (nSPS) is 19.7. The van der Waals surface area contributed by atoms with Crippen LogP contribution in [0.3, 0.4) is 0 Å². The monoisotopic (exact) mass is 354 g/mol. The summed E-state index contributed by atoms with van der Waals surface area (Å²) in [6, 6.07) is 12.7.